The van der Waals surface area contributed by atoms with E-state index in [1.165, 1.54) is 0 Å². The number of ether oxygens (including phenoxy) is 7. The molecule has 38 heavy (non-hydrogen) atoms. The summed E-state index contributed by atoms with van der Waals surface area (Å²) < 4.78 is 43.0. The van der Waals surface area contributed by atoms with Crippen molar-refractivity contribution in [2.45, 2.75) is 50.2 Å². The molecular weight excluding hydrogens is 484 g/mol. The third-order valence-electron chi connectivity index (χ3n) is 6.57. The molecule has 2 fully saturated rings. The van der Waals surface area contributed by atoms with Gasteiger partial charge in [0.2, 0.25) is 0 Å². The highest BCUT2D eigenvalue weighted by molar-refractivity contribution is 5.26. The smallest absolute Gasteiger partial charge is 0.188 e. The maximum atomic E-state index is 6.53. The normalized spacial score (nSPS) is 26.7. The lowest BCUT2D eigenvalue weighted by molar-refractivity contribution is -0.371. The number of hydrogen-bond acceptors (Lipinski definition) is 7. The van der Waals surface area contributed by atoms with Crippen LogP contribution in [0.4, 0.5) is 0 Å². The number of fused-ring (bicyclic) bond motifs is 1. The average Bonchev–Trinajstić information content (AvgIpc) is 2.98. The molecule has 0 bridgehead atoms. The number of methoxy groups -OCH3 is 1. The summed E-state index contributed by atoms with van der Waals surface area (Å²) in [6.07, 6.45) is 2.21. The first kappa shape index (κ1) is 26.4. The van der Waals surface area contributed by atoms with Crippen LogP contribution in [0.25, 0.3) is 0 Å². The minimum absolute atomic E-state index is 0.0736. The van der Waals surface area contributed by atoms with E-state index in [1.54, 1.807) is 7.11 Å². The lowest BCUT2D eigenvalue weighted by atomic mass is 9.97. The predicted octanol–water partition coefficient (Wildman–Crippen LogP) is 4.65. The number of terminal acetylenes is 1. The largest absolute Gasteiger partial charge is 0.497 e. The van der Waals surface area contributed by atoms with Crippen molar-refractivity contribution in [3.63, 3.8) is 0 Å². The molecule has 2 aliphatic rings. The van der Waals surface area contributed by atoms with Crippen LogP contribution >= 0.6 is 0 Å². The number of benzene rings is 3. The van der Waals surface area contributed by atoms with Crippen molar-refractivity contribution in [3.05, 3.63) is 102 Å². The van der Waals surface area contributed by atoms with Crippen molar-refractivity contribution in [1.82, 2.24) is 0 Å². The number of hydrogen-bond donors (Lipinski definition) is 0. The van der Waals surface area contributed by atoms with Gasteiger partial charge in [-0.15, -0.1) is 6.42 Å². The summed E-state index contributed by atoms with van der Waals surface area (Å²) in [5.74, 6) is 3.30. The zero-order chi connectivity index (χ0) is 26.2. The average molecular weight is 517 g/mol. The Morgan fingerprint density at radius 1 is 0.789 bits per heavy atom. The lowest BCUT2D eigenvalue weighted by Crippen LogP contribution is -2.63. The SMILES string of the molecule is C#CCO[C@@H]1O[C@@H]2CO[C@@H](c3ccccc3)O[C@H]2[C@H](OCc2ccccc2)[C@@H]1OCc1ccc(OC)cc1. The maximum Gasteiger partial charge on any atom is 0.188 e. The van der Waals surface area contributed by atoms with E-state index >= 15 is 0 Å². The van der Waals surface area contributed by atoms with Crippen molar-refractivity contribution in [3.8, 4) is 18.1 Å². The Balaban J connectivity index is 1.40. The minimum Gasteiger partial charge on any atom is -0.497 e. The van der Waals surface area contributed by atoms with Gasteiger partial charge in [-0.2, -0.15) is 0 Å². The summed E-state index contributed by atoms with van der Waals surface area (Å²) in [5, 5.41) is 0. The second-order valence-electron chi connectivity index (χ2n) is 9.12. The molecule has 0 radical (unpaired) electrons. The lowest BCUT2D eigenvalue weighted by Gasteiger charge is -2.48. The van der Waals surface area contributed by atoms with Crippen LogP contribution in [0.1, 0.15) is 23.0 Å². The summed E-state index contributed by atoms with van der Waals surface area (Å²) in [6.45, 7) is 1.08. The molecule has 6 atom stereocenters. The molecule has 3 aromatic carbocycles. The summed E-state index contributed by atoms with van der Waals surface area (Å²) in [4.78, 5) is 0. The summed E-state index contributed by atoms with van der Waals surface area (Å²) >= 11 is 0. The van der Waals surface area contributed by atoms with Crippen LogP contribution in [0, 0.1) is 12.3 Å². The van der Waals surface area contributed by atoms with Gasteiger partial charge in [0, 0.05) is 5.56 Å². The molecule has 0 saturated carbocycles. The van der Waals surface area contributed by atoms with Crippen LogP contribution in [-0.2, 0) is 41.6 Å². The van der Waals surface area contributed by atoms with Gasteiger partial charge in [-0.3, -0.25) is 0 Å². The fourth-order valence-corrected chi connectivity index (χ4v) is 4.64. The first-order valence-electron chi connectivity index (χ1n) is 12.7. The molecule has 0 spiro atoms. The Morgan fingerprint density at radius 2 is 1.45 bits per heavy atom. The zero-order valence-corrected chi connectivity index (χ0v) is 21.3. The molecule has 0 aromatic heterocycles. The maximum absolute atomic E-state index is 6.53. The van der Waals surface area contributed by atoms with Crippen LogP contribution in [0.3, 0.4) is 0 Å². The van der Waals surface area contributed by atoms with E-state index in [4.69, 9.17) is 39.6 Å². The molecular formula is C31H32O7. The van der Waals surface area contributed by atoms with E-state index in [1.807, 2.05) is 84.9 Å². The topological polar surface area (TPSA) is 64.6 Å². The molecule has 0 N–H and O–H groups in total. The third kappa shape index (κ3) is 6.43. The van der Waals surface area contributed by atoms with Gasteiger partial charge in [0.1, 0.15) is 36.8 Å². The van der Waals surface area contributed by atoms with Crippen LogP contribution in [0.5, 0.6) is 5.75 Å². The Labute approximate surface area is 223 Å². The van der Waals surface area contributed by atoms with Gasteiger partial charge in [0.15, 0.2) is 12.6 Å². The third-order valence-corrected chi connectivity index (χ3v) is 6.57. The van der Waals surface area contributed by atoms with Crippen molar-refractivity contribution in [2.24, 2.45) is 0 Å². The molecule has 0 unspecified atom stereocenters. The van der Waals surface area contributed by atoms with Crippen molar-refractivity contribution in [2.75, 3.05) is 20.3 Å². The molecule has 2 saturated heterocycles. The van der Waals surface area contributed by atoms with Crippen LogP contribution in [0.15, 0.2) is 84.9 Å². The van der Waals surface area contributed by atoms with Gasteiger partial charge in [-0.05, 0) is 23.3 Å². The second-order valence-corrected chi connectivity index (χ2v) is 9.12. The quantitative estimate of drug-likeness (QED) is 0.364. The fourth-order valence-electron chi connectivity index (χ4n) is 4.64. The van der Waals surface area contributed by atoms with E-state index in [9.17, 15) is 0 Å². The Bertz CT molecular complexity index is 1160. The van der Waals surface area contributed by atoms with Crippen LogP contribution < -0.4 is 4.74 Å². The fraction of sp³-hybridized carbons (Fsp3) is 0.355. The van der Waals surface area contributed by atoms with Gasteiger partial charge in [-0.25, -0.2) is 0 Å². The molecule has 0 amide bonds. The van der Waals surface area contributed by atoms with Gasteiger partial charge in [-0.1, -0.05) is 78.7 Å². The highest BCUT2D eigenvalue weighted by Gasteiger charge is 2.51. The Morgan fingerprint density at radius 3 is 2.13 bits per heavy atom. The summed E-state index contributed by atoms with van der Waals surface area (Å²) in [5.41, 5.74) is 2.94. The predicted molar refractivity (Wildman–Crippen MR) is 140 cm³/mol. The molecule has 2 aliphatic heterocycles. The molecule has 7 heteroatoms. The van der Waals surface area contributed by atoms with E-state index in [2.05, 4.69) is 5.92 Å². The van der Waals surface area contributed by atoms with Gasteiger partial charge >= 0.3 is 0 Å². The van der Waals surface area contributed by atoms with Gasteiger partial charge < -0.3 is 33.2 Å². The Hall–Kier alpha value is -3.22. The first-order chi connectivity index (χ1) is 18.7. The van der Waals surface area contributed by atoms with Crippen LogP contribution in [0.2, 0.25) is 0 Å². The summed E-state index contributed by atoms with van der Waals surface area (Å²) in [6, 6.07) is 27.5. The minimum atomic E-state index is -0.758. The molecule has 7 nitrogen and oxygen atoms in total. The molecule has 3 aromatic rings. The van der Waals surface area contributed by atoms with Crippen molar-refractivity contribution < 1.29 is 33.2 Å². The van der Waals surface area contributed by atoms with Gasteiger partial charge in [0.25, 0.3) is 0 Å². The van der Waals surface area contributed by atoms with E-state index < -0.39 is 37.0 Å². The highest BCUT2D eigenvalue weighted by Crippen LogP contribution is 2.37. The molecule has 198 valence electrons. The standard InChI is InChI=1S/C31H32O7/c1-3-18-33-31-29(35-20-23-14-16-25(32-2)17-15-23)28(34-19-22-10-6-4-7-11-22)27-26(37-31)21-36-30(38-27)24-12-8-5-9-13-24/h1,4-17,26-31H,18-21H2,2H3/t26-,27-,28+,29+,30-,31-/m1/s1. The van der Waals surface area contributed by atoms with Crippen molar-refractivity contribution >= 4 is 0 Å². The zero-order valence-electron chi connectivity index (χ0n) is 21.3. The van der Waals surface area contributed by atoms with E-state index in [-0.39, 0.29) is 6.61 Å². The molecule has 2 heterocycles. The van der Waals surface area contributed by atoms with Crippen molar-refractivity contribution in [1.29, 1.82) is 0 Å². The van der Waals surface area contributed by atoms with E-state index in [0.29, 0.717) is 19.8 Å². The first-order valence-corrected chi connectivity index (χ1v) is 12.7. The monoisotopic (exact) mass is 516 g/mol. The summed E-state index contributed by atoms with van der Waals surface area (Å²) in [7, 11) is 1.64. The molecule has 5 rings (SSSR count). The molecule has 0 aliphatic carbocycles. The highest BCUT2D eigenvalue weighted by atomic mass is 16.8. The van der Waals surface area contributed by atoms with Crippen LogP contribution in [-0.4, -0.2) is 51.0 Å². The van der Waals surface area contributed by atoms with Gasteiger partial charge in [0.05, 0.1) is 26.9 Å². The number of rotatable bonds is 10. The Kier molecular flexibility index (Phi) is 9.05. The van der Waals surface area contributed by atoms with E-state index in [0.717, 1.165) is 22.4 Å². The second kappa shape index (κ2) is 13.0.